The van der Waals surface area contributed by atoms with Crippen molar-refractivity contribution in [2.45, 2.75) is 13.0 Å². The highest BCUT2D eigenvalue weighted by Gasteiger charge is 2.34. The Hall–Kier alpha value is -3.62. The van der Waals surface area contributed by atoms with E-state index in [1.807, 2.05) is 18.2 Å². The minimum Gasteiger partial charge on any atom is -0.336 e. The Labute approximate surface area is 155 Å². The second-order valence-electron chi connectivity index (χ2n) is 6.20. The number of aromatic nitrogens is 5. The van der Waals surface area contributed by atoms with Crippen LogP contribution < -0.4 is 5.32 Å². The average Bonchev–Trinajstić information content (AvgIpc) is 3.34. The second-order valence-corrected chi connectivity index (χ2v) is 6.20. The number of rotatable bonds is 5. The van der Waals surface area contributed by atoms with Gasteiger partial charge in [-0.25, -0.2) is 14.6 Å². The van der Waals surface area contributed by atoms with E-state index in [4.69, 9.17) is 0 Å². The standard InChI is InChI=1S/C18H17N7O2/c26-16-8-13(9-24(16)10-14-4-1-2-6-20-14)18(27)23-15-5-3-7-21-17(15)25-12-19-11-22-25/h1-7,11-13H,8-10H2,(H,23,27). The van der Waals surface area contributed by atoms with Crippen molar-refractivity contribution < 1.29 is 9.59 Å². The monoisotopic (exact) mass is 363 g/mol. The van der Waals surface area contributed by atoms with Gasteiger partial charge in [0.15, 0.2) is 5.82 Å². The van der Waals surface area contributed by atoms with Crippen LogP contribution in [0.15, 0.2) is 55.4 Å². The van der Waals surface area contributed by atoms with Gasteiger partial charge in [-0.2, -0.15) is 5.10 Å². The van der Waals surface area contributed by atoms with E-state index in [0.717, 1.165) is 5.69 Å². The van der Waals surface area contributed by atoms with E-state index in [1.54, 1.807) is 29.4 Å². The molecule has 3 aromatic rings. The molecule has 1 atom stereocenters. The number of carbonyl (C=O) groups excluding carboxylic acids is 2. The Morgan fingerprint density at radius 2 is 2.07 bits per heavy atom. The zero-order chi connectivity index (χ0) is 18.6. The van der Waals surface area contributed by atoms with Crippen molar-refractivity contribution in [3.05, 3.63) is 61.1 Å². The van der Waals surface area contributed by atoms with Crippen molar-refractivity contribution in [1.29, 1.82) is 0 Å². The van der Waals surface area contributed by atoms with E-state index in [1.165, 1.54) is 17.3 Å². The summed E-state index contributed by atoms with van der Waals surface area (Å²) in [4.78, 5) is 39.0. The zero-order valence-electron chi connectivity index (χ0n) is 14.4. The van der Waals surface area contributed by atoms with E-state index in [2.05, 4.69) is 25.4 Å². The molecular weight excluding hydrogens is 346 g/mol. The fraction of sp³-hybridized carbons (Fsp3) is 0.222. The van der Waals surface area contributed by atoms with E-state index in [0.29, 0.717) is 24.6 Å². The van der Waals surface area contributed by atoms with Crippen molar-refractivity contribution in [3.63, 3.8) is 0 Å². The molecule has 0 aliphatic carbocycles. The normalized spacial score (nSPS) is 16.5. The van der Waals surface area contributed by atoms with E-state index in [9.17, 15) is 9.59 Å². The number of likely N-dealkylation sites (tertiary alicyclic amines) is 1. The van der Waals surface area contributed by atoms with Gasteiger partial charge in [-0.05, 0) is 24.3 Å². The smallest absolute Gasteiger partial charge is 0.229 e. The molecule has 1 fully saturated rings. The molecule has 1 aliphatic heterocycles. The van der Waals surface area contributed by atoms with Crippen molar-refractivity contribution in [3.8, 4) is 5.82 Å². The molecule has 1 N–H and O–H groups in total. The highest BCUT2D eigenvalue weighted by Crippen LogP contribution is 2.23. The Bertz CT molecular complexity index is 943. The van der Waals surface area contributed by atoms with Gasteiger partial charge in [0.1, 0.15) is 12.7 Å². The summed E-state index contributed by atoms with van der Waals surface area (Å²) >= 11 is 0. The number of nitrogens with one attached hydrogen (secondary N) is 1. The van der Waals surface area contributed by atoms with Crippen molar-refractivity contribution in [2.24, 2.45) is 5.92 Å². The number of hydrogen-bond acceptors (Lipinski definition) is 6. The molecule has 0 saturated carbocycles. The van der Waals surface area contributed by atoms with Gasteiger partial charge >= 0.3 is 0 Å². The molecule has 27 heavy (non-hydrogen) atoms. The third-order valence-corrected chi connectivity index (χ3v) is 4.34. The van der Waals surface area contributed by atoms with Gasteiger partial charge in [0.05, 0.1) is 23.8 Å². The minimum absolute atomic E-state index is 0.0523. The molecule has 1 aliphatic rings. The lowest BCUT2D eigenvalue weighted by Crippen LogP contribution is -2.28. The first-order valence-electron chi connectivity index (χ1n) is 8.49. The fourth-order valence-electron chi connectivity index (χ4n) is 3.02. The van der Waals surface area contributed by atoms with E-state index in [-0.39, 0.29) is 18.2 Å². The lowest BCUT2D eigenvalue weighted by atomic mass is 10.1. The summed E-state index contributed by atoms with van der Waals surface area (Å²) in [7, 11) is 0. The van der Waals surface area contributed by atoms with Crippen molar-refractivity contribution in [1.82, 2.24) is 29.6 Å². The molecular formula is C18H17N7O2. The molecule has 0 spiro atoms. The SMILES string of the molecule is O=C(Nc1cccnc1-n1cncn1)C1CC(=O)N(Cc2ccccn2)C1. The predicted molar refractivity (Wildman–Crippen MR) is 95.5 cm³/mol. The third kappa shape index (κ3) is 3.66. The third-order valence-electron chi connectivity index (χ3n) is 4.34. The van der Waals surface area contributed by atoms with Gasteiger partial charge in [-0.15, -0.1) is 0 Å². The van der Waals surface area contributed by atoms with Crippen LogP contribution >= 0.6 is 0 Å². The first kappa shape index (κ1) is 16.8. The molecule has 1 saturated heterocycles. The average molecular weight is 363 g/mol. The molecule has 9 heteroatoms. The molecule has 136 valence electrons. The maximum absolute atomic E-state index is 12.7. The molecule has 4 heterocycles. The fourth-order valence-corrected chi connectivity index (χ4v) is 3.02. The maximum Gasteiger partial charge on any atom is 0.229 e. The van der Waals surface area contributed by atoms with Crippen LogP contribution in [0.2, 0.25) is 0 Å². The lowest BCUT2D eigenvalue weighted by molar-refractivity contribution is -0.128. The molecule has 1 unspecified atom stereocenters. The van der Waals surface area contributed by atoms with Crippen LogP contribution in [-0.2, 0) is 16.1 Å². The second kappa shape index (κ2) is 7.32. The van der Waals surface area contributed by atoms with Gasteiger partial charge in [0.25, 0.3) is 0 Å². The van der Waals surface area contributed by atoms with Gasteiger partial charge < -0.3 is 10.2 Å². The topological polar surface area (TPSA) is 106 Å². The Balaban J connectivity index is 1.45. The summed E-state index contributed by atoms with van der Waals surface area (Å²) < 4.78 is 1.47. The molecule has 0 radical (unpaired) electrons. The van der Waals surface area contributed by atoms with Gasteiger partial charge in [-0.1, -0.05) is 6.07 Å². The van der Waals surface area contributed by atoms with Crippen LogP contribution in [0, 0.1) is 5.92 Å². The van der Waals surface area contributed by atoms with Crippen LogP contribution in [0.25, 0.3) is 5.82 Å². The number of nitrogens with zero attached hydrogens (tertiary/aromatic N) is 6. The first-order chi connectivity index (χ1) is 13.2. The van der Waals surface area contributed by atoms with Crippen LogP contribution in [0.5, 0.6) is 0 Å². The minimum atomic E-state index is -0.426. The van der Waals surface area contributed by atoms with Gasteiger partial charge in [0, 0.05) is 25.4 Å². The summed E-state index contributed by atoms with van der Waals surface area (Å²) in [6.45, 7) is 0.765. The summed E-state index contributed by atoms with van der Waals surface area (Å²) in [5.41, 5.74) is 1.32. The number of pyridine rings is 2. The van der Waals surface area contributed by atoms with Crippen molar-refractivity contribution >= 4 is 17.5 Å². The Morgan fingerprint density at radius 1 is 1.19 bits per heavy atom. The molecule has 9 nitrogen and oxygen atoms in total. The van der Waals surface area contributed by atoms with E-state index < -0.39 is 5.92 Å². The van der Waals surface area contributed by atoms with Crippen LogP contribution in [0.4, 0.5) is 5.69 Å². The number of anilines is 1. The summed E-state index contributed by atoms with van der Waals surface area (Å²) in [5.74, 6) is -0.229. The molecule has 0 aromatic carbocycles. The van der Waals surface area contributed by atoms with Crippen LogP contribution in [-0.4, -0.2) is 48.0 Å². The van der Waals surface area contributed by atoms with Crippen LogP contribution in [0.3, 0.4) is 0 Å². The van der Waals surface area contributed by atoms with Crippen molar-refractivity contribution in [2.75, 3.05) is 11.9 Å². The Morgan fingerprint density at radius 3 is 2.85 bits per heavy atom. The molecule has 4 rings (SSSR count). The number of carbonyl (C=O) groups is 2. The van der Waals surface area contributed by atoms with Gasteiger partial charge in [0.2, 0.25) is 11.8 Å². The van der Waals surface area contributed by atoms with Gasteiger partial charge in [-0.3, -0.25) is 14.6 Å². The summed E-state index contributed by atoms with van der Waals surface area (Å²) in [6, 6.07) is 9.03. The van der Waals surface area contributed by atoms with E-state index >= 15 is 0 Å². The number of amides is 2. The molecule has 2 amide bonds. The quantitative estimate of drug-likeness (QED) is 0.726. The molecule has 0 bridgehead atoms. The Kier molecular flexibility index (Phi) is 4.56. The van der Waals surface area contributed by atoms with Crippen LogP contribution in [0.1, 0.15) is 12.1 Å². The summed E-state index contributed by atoms with van der Waals surface area (Å²) in [5, 5.41) is 6.91. The highest BCUT2D eigenvalue weighted by molar-refractivity contribution is 5.98. The molecule has 3 aromatic heterocycles. The first-order valence-corrected chi connectivity index (χ1v) is 8.49. The highest BCUT2D eigenvalue weighted by atomic mass is 16.2. The number of hydrogen-bond donors (Lipinski definition) is 1. The largest absolute Gasteiger partial charge is 0.336 e. The lowest BCUT2D eigenvalue weighted by Gasteiger charge is -2.16. The summed E-state index contributed by atoms with van der Waals surface area (Å²) in [6.07, 6.45) is 6.38. The zero-order valence-corrected chi connectivity index (χ0v) is 14.4. The predicted octanol–water partition coefficient (Wildman–Crippen LogP) is 1.04. The maximum atomic E-state index is 12.7.